The molecular weight excluding hydrogens is 352 g/mol. The maximum absolute atomic E-state index is 11.5. The van der Waals surface area contributed by atoms with Crippen LogP contribution in [0, 0.1) is 0 Å². The standard InChI is InChI=1S/C24H26O4/c1-27-21-14-8-6-12-19(21)24(23(26)16-17-25,18-10-4-3-5-11-18)20-13-7-9-15-22(20)28-2/h3-15,23,25-26H,16-17H2,1-2H3. The molecule has 0 aliphatic rings. The quantitative estimate of drug-likeness (QED) is 0.586. The average Bonchev–Trinajstić information content (AvgIpc) is 2.76. The maximum Gasteiger partial charge on any atom is 0.123 e. The predicted molar refractivity (Wildman–Crippen MR) is 110 cm³/mol. The monoisotopic (exact) mass is 378 g/mol. The van der Waals surface area contributed by atoms with Gasteiger partial charge in [-0.25, -0.2) is 0 Å². The second kappa shape index (κ2) is 8.91. The summed E-state index contributed by atoms with van der Waals surface area (Å²) in [5.74, 6) is 1.32. The summed E-state index contributed by atoms with van der Waals surface area (Å²) in [6.07, 6.45) is -0.710. The number of rotatable bonds is 8. The molecule has 1 unspecified atom stereocenters. The van der Waals surface area contributed by atoms with E-state index in [2.05, 4.69) is 0 Å². The zero-order chi connectivity index (χ0) is 20.0. The Balaban J connectivity index is 2.46. The molecule has 0 aliphatic carbocycles. The smallest absolute Gasteiger partial charge is 0.123 e. The summed E-state index contributed by atoms with van der Waals surface area (Å²) >= 11 is 0. The predicted octanol–water partition coefficient (Wildman–Crippen LogP) is 3.78. The zero-order valence-corrected chi connectivity index (χ0v) is 16.2. The second-order valence-corrected chi connectivity index (χ2v) is 6.60. The number of hydrogen-bond acceptors (Lipinski definition) is 4. The van der Waals surface area contributed by atoms with Gasteiger partial charge in [0.15, 0.2) is 0 Å². The van der Waals surface area contributed by atoms with Gasteiger partial charge in [0.05, 0.1) is 25.7 Å². The van der Waals surface area contributed by atoms with E-state index in [1.54, 1.807) is 14.2 Å². The van der Waals surface area contributed by atoms with Crippen LogP contribution in [0.4, 0.5) is 0 Å². The van der Waals surface area contributed by atoms with Crippen LogP contribution in [0.5, 0.6) is 11.5 Å². The Morgan fingerprint density at radius 1 is 0.750 bits per heavy atom. The molecule has 0 spiro atoms. The van der Waals surface area contributed by atoms with Gasteiger partial charge in [0, 0.05) is 17.7 Å². The van der Waals surface area contributed by atoms with Gasteiger partial charge in [-0.05, 0) is 24.1 Å². The van der Waals surface area contributed by atoms with Gasteiger partial charge in [-0.3, -0.25) is 0 Å². The molecule has 3 rings (SSSR count). The van der Waals surface area contributed by atoms with E-state index in [-0.39, 0.29) is 13.0 Å². The lowest BCUT2D eigenvalue weighted by Crippen LogP contribution is -2.43. The van der Waals surface area contributed by atoms with Crippen LogP contribution in [-0.4, -0.2) is 37.1 Å². The number of para-hydroxylation sites is 2. The van der Waals surface area contributed by atoms with E-state index in [0.717, 1.165) is 16.7 Å². The SMILES string of the molecule is COc1ccccc1C(c1ccccc1)(c1ccccc1OC)C(O)CCO. The molecule has 3 aromatic rings. The third kappa shape index (κ3) is 3.37. The van der Waals surface area contributed by atoms with E-state index in [9.17, 15) is 10.2 Å². The van der Waals surface area contributed by atoms with Gasteiger partial charge in [-0.1, -0.05) is 66.7 Å². The average molecular weight is 378 g/mol. The number of aliphatic hydroxyl groups excluding tert-OH is 2. The molecule has 3 aromatic carbocycles. The molecular formula is C24H26O4. The molecule has 0 saturated carbocycles. The molecule has 0 aliphatic heterocycles. The molecule has 146 valence electrons. The van der Waals surface area contributed by atoms with Gasteiger partial charge in [-0.2, -0.15) is 0 Å². The van der Waals surface area contributed by atoms with E-state index >= 15 is 0 Å². The molecule has 0 fully saturated rings. The fourth-order valence-corrected chi connectivity index (χ4v) is 3.99. The lowest BCUT2D eigenvalue weighted by molar-refractivity contribution is 0.0875. The van der Waals surface area contributed by atoms with Crippen LogP contribution in [0.15, 0.2) is 78.9 Å². The van der Waals surface area contributed by atoms with Crippen molar-refractivity contribution in [1.29, 1.82) is 0 Å². The Labute approximate surface area is 166 Å². The van der Waals surface area contributed by atoms with Crippen LogP contribution >= 0.6 is 0 Å². The molecule has 0 heterocycles. The van der Waals surface area contributed by atoms with Crippen molar-refractivity contribution in [3.8, 4) is 11.5 Å². The van der Waals surface area contributed by atoms with Crippen LogP contribution < -0.4 is 9.47 Å². The van der Waals surface area contributed by atoms with Crippen LogP contribution in [0.1, 0.15) is 23.1 Å². The highest BCUT2D eigenvalue weighted by atomic mass is 16.5. The topological polar surface area (TPSA) is 58.9 Å². The van der Waals surface area contributed by atoms with Crippen LogP contribution in [0.3, 0.4) is 0 Å². The second-order valence-electron chi connectivity index (χ2n) is 6.60. The van der Waals surface area contributed by atoms with Gasteiger partial charge in [0.2, 0.25) is 0 Å². The Morgan fingerprint density at radius 3 is 1.68 bits per heavy atom. The van der Waals surface area contributed by atoms with E-state index < -0.39 is 11.5 Å². The summed E-state index contributed by atoms with van der Waals surface area (Å²) in [4.78, 5) is 0. The van der Waals surface area contributed by atoms with Crippen molar-refractivity contribution < 1.29 is 19.7 Å². The maximum atomic E-state index is 11.5. The highest BCUT2D eigenvalue weighted by Gasteiger charge is 2.46. The normalized spacial score (nSPS) is 12.4. The number of benzene rings is 3. The molecule has 0 saturated heterocycles. The van der Waals surface area contributed by atoms with E-state index in [4.69, 9.17) is 9.47 Å². The van der Waals surface area contributed by atoms with Crippen LogP contribution in [-0.2, 0) is 5.41 Å². The minimum absolute atomic E-state index is 0.139. The fraction of sp³-hybridized carbons (Fsp3) is 0.250. The third-order valence-corrected chi connectivity index (χ3v) is 5.20. The zero-order valence-electron chi connectivity index (χ0n) is 16.2. The van der Waals surface area contributed by atoms with Gasteiger partial charge in [-0.15, -0.1) is 0 Å². The molecule has 4 nitrogen and oxygen atoms in total. The first-order chi connectivity index (χ1) is 13.7. The molecule has 4 heteroatoms. The minimum Gasteiger partial charge on any atom is -0.496 e. The fourth-order valence-electron chi connectivity index (χ4n) is 3.99. The summed E-state index contributed by atoms with van der Waals surface area (Å²) in [5, 5.41) is 21.2. The summed E-state index contributed by atoms with van der Waals surface area (Å²) in [5.41, 5.74) is 1.54. The lowest BCUT2D eigenvalue weighted by Gasteiger charge is -2.41. The van der Waals surface area contributed by atoms with Gasteiger partial charge < -0.3 is 19.7 Å². The van der Waals surface area contributed by atoms with E-state index in [1.807, 2.05) is 78.9 Å². The van der Waals surface area contributed by atoms with E-state index in [1.165, 1.54) is 0 Å². The molecule has 28 heavy (non-hydrogen) atoms. The lowest BCUT2D eigenvalue weighted by atomic mass is 9.64. The van der Waals surface area contributed by atoms with Crippen molar-refractivity contribution in [2.75, 3.05) is 20.8 Å². The molecule has 1 atom stereocenters. The number of hydrogen-bond donors (Lipinski definition) is 2. The Morgan fingerprint density at radius 2 is 1.21 bits per heavy atom. The third-order valence-electron chi connectivity index (χ3n) is 5.20. The summed E-state index contributed by atoms with van der Waals surface area (Å²) in [6.45, 7) is -0.139. The molecule has 2 N–H and O–H groups in total. The first kappa shape index (κ1) is 19.9. The van der Waals surface area contributed by atoms with Crippen molar-refractivity contribution in [3.63, 3.8) is 0 Å². The Bertz CT molecular complexity index is 844. The van der Waals surface area contributed by atoms with Crippen molar-refractivity contribution in [2.45, 2.75) is 17.9 Å². The van der Waals surface area contributed by atoms with Crippen molar-refractivity contribution in [1.82, 2.24) is 0 Å². The first-order valence-electron chi connectivity index (χ1n) is 9.31. The van der Waals surface area contributed by atoms with Crippen LogP contribution in [0.25, 0.3) is 0 Å². The van der Waals surface area contributed by atoms with Gasteiger partial charge in [0.1, 0.15) is 11.5 Å². The number of aliphatic hydroxyl groups is 2. The largest absolute Gasteiger partial charge is 0.496 e. The molecule has 0 bridgehead atoms. The van der Waals surface area contributed by atoms with E-state index in [0.29, 0.717) is 11.5 Å². The molecule has 0 amide bonds. The number of methoxy groups -OCH3 is 2. The highest BCUT2D eigenvalue weighted by molar-refractivity contribution is 5.60. The molecule has 0 radical (unpaired) electrons. The van der Waals surface area contributed by atoms with Crippen molar-refractivity contribution >= 4 is 0 Å². The minimum atomic E-state index is -0.983. The Hall–Kier alpha value is -2.82. The van der Waals surface area contributed by atoms with Gasteiger partial charge >= 0.3 is 0 Å². The van der Waals surface area contributed by atoms with Crippen molar-refractivity contribution in [3.05, 3.63) is 95.6 Å². The number of ether oxygens (including phenoxy) is 2. The Kier molecular flexibility index (Phi) is 6.34. The van der Waals surface area contributed by atoms with Crippen LogP contribution in [0.2, 0.25) is 0 Å². The summed E-state index contributed by atoms with van der Waals surface area (Å²) in [7, 11) is 3.24. The summed E-state index contributed by atoms with van der Waals surface area (Å²) < 4.78 is 11.4. The van der Waals surface area contributed by atoms with Crippen molar-refractivity contribution in [2.24, 2.45) is 0 Å². The highest BCUT2D eigenvalue weighted by Crippen LogP contribution is 2.49. The van der Waals surface area contributed by atoms with Gasteiger partial charge in [0.25, 0.3) is 0 Å². The summed E-state index contributed by atoms with van der Waals surface area (Å²) in [6, 6.07) is 25.1. The molecule has 0 aromatic heterocycles. The first-order valence-corrected chi connectivity index (χ1v) is 9.31.